The Morgan fingerprint density at radius 1 is 1.47 bits per heavy atom. The summed E-state index contributed by atoms with van der Waals surface area (Å²) in [6.07, 6.45) is 4.54. The van der Waals surface area contributed by atoms with Crippen molar-refractivity contribution >= 4 is 5.91 Å². The molecule has 0 unspecified atom stereocenters. The molecule has 1 fully saturated rings. The average Bonchev–Trinajstić information content (AvgIpc) is 3.02. The van der Waals surface area contributed by atoms with Crippen LogP contribution in [0.4, 0.5) is 0 Å². The Morgan fingerprint density at radius 2 is 2.07 bits per heavy atom. The van der Waals surface area contributed by atoms with E-state index in [0.29, 0.717) is 6.04 Å². The van der Waals surface area contributed by atoms with Crippen LogP contribution in [0.2, 0.25) is 0 Å². The summed E-state index contributed by atoms with van der Waals surface area (Å²) in [4.78, 5) is 14.2. The molecule has 0 spiro atoms. The van der Waals surface area contributed by atoms with E-state index in [1.807, 2.05) is 18.7 Å². The van der Waals surface area contributed by atoms with Crippen molar-refractivity contribution in [1.82, 2.24) is 4.90 Å². The van der Waals surface area contributed by atoms with E-state index in [2.05, 4.69) is 6.92 Å². The molecular formula is C12H23NO2. The normalized spacial score (nSPS) is 16.5. The van der Waals surface area contributed by atoms with Gasteiger partial charge < -0.3 is 9.64 Å². The number of nitrogens with zero attached hydrogens (tertiary/aromatic N) is 1. The molecule has 1 amide bonds. The molecule has 15 heavy (non-hydrogen) atoms. The van der Waals surface area contributed by atoms with Crippen LogP contribution in [-0.4, -0.2) is 36.1 Å². The number of amides is 1. The first-order valence-corrected chi connectivity index (χ1v) is 5.89. The lowest BCUT2D eigenvalue weighted by atomic mass is 10.1. The second-order valence-corrected chi connectivity index (χ2v) is 4.80. The fourth-order valence-corrected chi connectivity index (χ4v) is 1.60. The van der Waals surface area contributed by atoms with Crippen molar-refractivity contribution in [3.8, 4) is 0 Å². The minimum atomic E-state index is -0.670. The predicted molar refractivity (Wildman–Crippen MR) is 60.7 cm³/mol. The summed E-state index contributed by atoms with van der Waals surface area (Å²) in [5.74, 6) is 0.140. The molecule has 1 rings (SSSR count). The van der Waals surface area contributed by atoms with Gasteiger partial charge in [-0.3, -0.25) is 4.79 Å². The Kier molecular flexibility index (Phi) is 4.14. The topological polar surface area (TPSA) is 29.5 Å². The zero-order valence-corrected chi connectivity index (χ0v) is 10.4. The molecule has 1 aliphatic carbocycles. The fraction of sp³-hybridized carbons (Fsp3) is 0.917. The third kappa shape index (κ3) is 3.20. The summed E-state index contributed by atoms with van der Waals surface area (Å²) in [6, 6.07) is 0.485. The molecule has 3 nitrogen and oxygen atoms in total. The summed E-state index contributed by atoms with van der Waals surface area (Å²) in [5, 5.41) is 0. The minimum absolute atomic E-state index is 0.140. The van der Waals surface area contributed by atoms with Gasteiger partial charge in [-0.1, -0.05) is 13.3 Å². The van der Waals surface area contributed by atoms with Gasteiger partial charge in [-0.15, -0.1) is 0 Å². The fourth-order valence-electron chi connectivity index (χ4n) is 1.60. The summed E-state index contributed by atoms with van der Waals surface area (Å²) in [6.45, 7) is 6.72. The highest BCUT2D eigenvalue weighted by atomic mass is 16.5. The molecule has 3 heteroatoms. The van der Waals surface area contributed by atoms with Gasteiger partial charge in [-0.25, -0.2) is 0 Å². The average molecular weight is 213 g/mol. The highest BCUT2D eigenvalue weighted by Crippen LogP contribution is 2.29. The molecule has 0 aliphatic heterocycles. The molecule has 88 valence electrons. The molecule has 1 saturated carbocycles. The summed E-state index contributed by atoms with van der Waals surface area (Å²) < 4.78 is 5.25. The van der Waals surface area contributed by atoms with Crippen LogP contribution in [0.1, 0.15) is 46.5 Å². The van der Waals surface area contributed by atoms with Crippen LogP contribution >= 0.6 is 0 Å². The quantitative estimate of drug-likeness (QED) is 0.677. The van der Waals surface area contributed by atoms with Gasteiger partial charge in [0.15, 0.2) is 0 Å². The lowest BCUT2D eigenvalue weighted by Gasteiger charge is -2.31. The van der Waals surface area contributed by atoms with Crippen molar-refractivity contribution in [2.45, 2.75) is 58.1 Å². The van der Waals surface area contributed by atoms with Gasteiger partial charge in [0.25, 0.3) is 5.91 Å². The van der Waals surface area contributed by atoms with E-state index in [1.165, 1.54) is 0 Å². The van der Waals surface area contributed by atoms with Crippen molar-refractivity contribution in [2.24, 2.45) is 0 Å². The van der Waals surface area contributed by atoms with Crippen LogP contribution in [-0.2, 0) is 9.53 Å². The first-order valence-electron chi connectivity index (χ1n) is 5.89. The van der Waals surface area contributed by atoms with Crippen LogP contribution in [0.5, 0.6) is 0 Å². The second-order valence-electron chi connectivity index (χ2n) is 4.80. The minimum Gasteiger partial charge on any atom is -0.369 e. The standard InChI is InChI=1S/C12H23NO2/c1-5-6-9-13(10-7-8-10)11(14)12(2,3)15-4/h10H,5-9H2,1-4H3. The van der Waals surface area contributed by atoms with Crippen molar-refractivity contribution in [1.29, 1.82) is 0 Å². The number of methoxy groups -OCH3 is 1. The summed E-state index contributed by atoms with van der Waals surface area (Å²) >= 11 is 0. The van der Waals surface area contributed by atoms with Gasteiger partial charge >= 0.3 is 0 Å². The maximum atomic E-state index is 12.2. The van der Waals surface area contributed by atoms with E-state index in [4.69, 9.17) is 4.74 Å². The number of carbonyl (C=O) groups is 1. The van der Waals surface area contributed by atoms with Crippen molar-refractivity contribution in [2.75, 3.05) is 13.7 Å². The van der Waals surface area contributed by atoms with E-state index >= 15 is 0 Å². The molecular weight excluding hydrogens is 190 g/mol. The molecule has 0 atom stereocenters. The van der Waals surface area contributed by atoms with Crippen LogP contribution in [0, 0.1) is 0 Å². The van der Waals surface area contributed by atoms with Gasteiger partial charge in [-0.05, 0) is 33.1 Å². The second kappa shape index (κ2) is 4.97. The number of hydrogen-bond acceptors (Lipinski definition) is 2. The molecule has 0 saturated heterocycles. The van der Waals surface area contributed by atoms with Crippen LogP contribution in [0.3, 0.4) is 0 Å². The Hall–Kier alpha value is -0.570. The SMILES string of the molecule is CCCCN(C(=O)C(C)(C)OC)C1CC1. The van der Waals surface area contributed by atoms with Gasteiger partial charge in [-0.2, -0.15) is 0 Å². The largest absolute Gasteiger partial charge is 0.369 e. The number of rotatable bonds is 6. The van der Waals surface area contributed by atoms with Crippen molar-refractivity contribution in [3.05, 3.63) is 0 Å². The zero-order valence-electron chi connectivity index (χ0n) is 10.4. The molecule has 0 aromatic rings. The number of hydrogen-bond donors (Lipinski definition) is 0. The summed E-state index contributed by atoms with van der Waals surface area (Å²) in [7, 11) is 1.60. The Balaban J connectivity index is 2.58. The van der Waals surface area contributed by atoms with Crippen LogP contribution in [0.15, 0.2) is 0 Å². The first kappa shape index (κ1) is 12.5. The van der Waals surface area contributed by atoms with Gasteiger partial charge in [0.05, 0.1) is 0 Å². The third-order valence-electron chi connectivity index (χ3n) is 3.03. The molecule has 0 heterocycles. The van der Waals surface area contributed by atoms with E-state index in [9.17, 15) is 4.79 Å². The highest BCUT2D eigenvalue weighted by Gasteiger charge is 2.39. The Labute approximate surface area is 92.8 Å². The van der Waals surface area contributed by atoms with Crippen LogP contribution in [0.25, 0.3) is 0 Å². The molecule has 0 N–H and O–H groups in total. The highest BCUT2D eigenvalue weighted by molar-refractivity contribution is 5.85. The lowest BCUT2D eigenvalue weighted by Crippen LogP contribution is -2.47. The molecule has 0 aromatic heterocycles. The number of unbranched alkanes of at least 4 members (excludes halogenated alkanes) is 1. The molecule has 1 aliphatic rings. The third-order valence-corrected chi connectivity index (χ3v) is 3.03. The van der Waals surface area contributed by atoms with Gasteiger partial charge in [0.2, 0.25) is 0 Å². The Bertz CT molecular complexity index is 222. The van der Waals surface area contributed by atoms with Gasteiger partial charge in [0.1, 0.15) is 5.60 Å². The monoisotopic (exact) mass is 213 g/mol. The van der Waals surface area contributed by atoms with E-state index in [1.54, 1.807) is 7.11 Å². The van der Waals surface area contributed by atoms with Crippen molar-refractivity contribution in [3.63, 3.8) is 0 Å². The van der Waals surface area contributed by atoms with Crippen molar-refractivity contribution < 1.29 is 9.53 Å². The molecule has 0 bridgehead atoms. The van der Waals surface area contributed by atoms with Gasteiger partial charge in [0, 0.05) is 19.7 Å². The van der Waals surface area contributed by atoms with Crippen LogP contribution < -0.4 is 0 Å². The smallest absolute Gasteiger partial charge is 0.254 e. The lowest BCUT2D eigenvalue weighted by molar-refractivity contribution is -0.151. The molecule has 0 radical (unpaired) electrons. The number of ether oxygens (including phenoxy) is 1. The molecule has 0 aromatic carbocycles. The number of carbonyl (C=O) groups excluding carboxylic acids is 1. The predicted octanol–water partition coefficient (Wildman–Crippen LogP) is 2.20. The van der Waals surface area contributed by atoms with E-state index < -0.39 is 5.60 Å². The zero-order chi connectivity index (χ0) is 11.5. The summed E-state index contributed by atoms with van der Waals surface area (Å²) in [5.41, 5.74) is -0.670. The maximum absolute atomic E-state index is 12.2. The Morgan fingerprint density at radius 3 is 2.47 bits per heavy atom. The maximum Gasteiger partial charge on any atom is 0.254 e. The first-order chi connectivity index (χ1) is 7.03. The van der Waals surface area contributed by atoms with E-state index in [0.717, 1.165) is 32.2 Å². The van der Waals surface area contributed by atoms with E-state index in [-0.39, 0.29) is 5.91 Å².